The monoisotopic (exact) mass is 392 g/mol. The Bertz CT molecular complexity index is 797. The molecule has 3 rings (SSSR count). The lowest BCUT2D eigenvalue weighted by molar-refractivity contribution is -0.125. The summed E-state index contributed by atoms with van der Waals surface area (Å²) in [6, 6.07) is 13.2. The molecular formula is C20H22Cl2N2O2. The van der Waals surface area contributed by atoms with Crippen molar-refractivity contribution in [3.8, 4) is 5.75 Å². The van der Waals surface area contributed by atoms with E-state index < -0.39 is 0 Å². The van der Waals surface area contributed by atoms with Crippen LogP contribution in [0.4, 0.5) is 0 Å². The summed E-state index contributed by atoms with van der Waals surface area (Å²) in [7, 11) is 1.63. The van der Waals surface area contributed by atoms with Gasteiger partial charge in [-0.1, -0.05) is 41.4 Å². The lowest BCUT2D eigenvalue weighted by Gasteiger charge is -2.22. The minimum Gasteiger partial charge on any atom is -0.497 e. The van der Waals surface area contributed by atoms with Crippen molar-refractivity contribution in [2.24, 2.45) is 5.92 Å². The Kier molecular flexibility index (Phi) is 6.07. The normalized spacial score (nSPS) is 20.6. The number of nitrogens with one attached hydrogen (secondary N) is 2. The van der Waals surface area contributed by atoms with E-state index in [1.54, 1.807) is 13.2 Å². The Hall–Kier alpha value is -1.75. The van der Waals surface area contributed by atoms with Gasteiger partial charge in [-0.15, -0.1) is 0 Å². The number of hydrogen-bond acceptors (Lipinski definition) is 3. The summed E-state index contributed by atoms with van der Waals surface area (Å²) in [4.78, 5) is 12.9. The first kappa shape index (κ1) is 19.0. The van der Waals surface area contributed by atoms with E-state index in [1.165, 1.54) is 0 Å². The molecule has 0 aliphatic carbocycles. The second-order valence-electron chi connectivity index (χ2n) is 6.55. The largest absolute Gasteiger partial charge is 0.497 e. The van der Waals surface area contributed by atoms with Gasteiger partial charge in [-0.2, -0.15) is 0 Å². The molecule has 0 radical (unpaired) electrons. The van der Waals surface area contributed by atoms with E-state index in [2.05, 4.69) is 10.6 Å². The van der Waals surface area contributed by atoms with Crippen molar-refractivity contribution in [3.63, 3.8) is 0 Å². The second-order valence-corrected chi connectivity index (χ2v) is 7.37. The van der Waals surface area contributed by atoms with Crippen molar-refractivity contribution in [2.75, 3.05) is 20.2 Å². The number of halogens is 2. The molecular weight excluding hydrogens is 371 g/mol. The fourth-order valence-corrected chi connectivity index (χ4v) is 3.67. The number of amides is 1. The molecule has 1 aliphatic heterocycles. The van der Waals surface area contributed by atoms with Gasteiger partial charge in [0, 0.05) is 19.0 Å². The molecule has 0 aromatic heterocycles. The van der Waals surface area contributed by atoms with Gasteiger partial charge in [-0.25, -0.2) is 0 Å². The van der Waals surface area contributed by atoms with Crippen molar-refractivity contribution < 1.29 is 9.53 Å². The smallest absolute Gasteiger partial charge is 0.225 e. The Balaban J connectivity index is 1.72. The third kappa shape index (κ3) is 4.14. The first-order valence-corrected chi connectivity index (χ1v) is 9.35. The van der Waals surface area contributed by atoms with Crippen LogP contribution in [0.15, 0.2) is 42.5 Å². The minimum absolute atomic E-state index is 0.0291. The van der Waals surface area contributed by atoms with Crippen LogP contribution in [0.1, 0.15) is 30.0 Å². The van der Waals surface area contributed by atoms with E-state index >= 15 is 0 Å². The molecule has 0 spiro atoms. The summed E-state index contributed by atoms with van der Waals surface area (Å²) in [5.41, 5.74) is 2.04. The van der Waals surface area contributed by atoms with E-state index in [4.69, 9.17) is 27.9 Å². The van der Waals surface area contributed by atoms with Gasteiger partial charge >= 0.3 is 0 Å². The Morgan fingerprint density at radius 1 is 1.19 bits per heavy atom. The zero-order valence-corrected chi connectivity index (χ0v) is 16.3. The molecule has 1 fully saturated rings. The molecule has 0 bridgehead atoms. The zero-order valence-electron chi connectivity index (χ0n) is 14.8. The van der Waals surface area contributed by atoms with Gasteiger partial charge in [-0.3, -0.25) is 4.79 Å². The van der Waals surface area contributed by atoms with E-state index in [9.17, 15) is 4.79 Å². The van der Waals surface area contributed by atoms with Crippen LogP contribution in [0.25, 0.3) is 0 Å². The van der Waals surface area contributed by atoms with Crippen molar-refractivity contribution in [2.45, 2.75) is 18.9 Å². The van der Waals surface area contributed by atoms with Crippen molar-refractivity contribution >= 4 is 29.1 Å². The molecule has 2 N–H and O–H groups in total. The number of rotatable bonds is 5. The van der Waals surface area contributed by atoms with Crippen LogP contribution in [0.5, 0.6) is 5.75 Å². The molecule has 2 aromatic carbocycles. The third-order valence-electron chi connectivity index (χ3n) is 4.88. The molecule has 0 saturated carbocycles. The van der Waals surface area contributed by atoms with Crippen molar-refractivity contribution in [3.05, 3.63) is 63.6 Å². The van der Waals surface area contributed by atoms with E-state index in [-0.39, 0.29) is 23.8 Å². The Morgan fingerprint density at radius 2 is 2.00 bits per heavy atom. The molecule has 6 heteroatoms. The summed E-state index contributed by atoms with van der Waals surface area (Å²) >= 11 is 12.2. The highest BCUT2D eigenvalue weighted by atomic mass is 35.5. The fourth-order valence-electron chi connectivity index (χ4n) is 3.36. The van der Waals surface area contributed by atoms with Crippen LogP contribution < -0.4 is 15.4 Å². The van der Waals surface area contributed by atoms with Gasteiger partial charge in [0.15, 0.2) is 0 Å². The van der Waals surface area contributed by atoms with Crippen LogP contribution in [0.2, 0.25) is 10.0 Å². The number of benzene rings is 2. The molecule has 3 atom stereocenters. The maximum Gasteiger partial charge on any atom is 0.225 e. The summed E-state index contributed by atoms with van der Waals surface area (Å²) in [5, 5.41) is 7.47. The predicted molar refractivity (Wildman–Crippen MR) is 105 cm³/mol. The lowest BCUT2D eigenvalue weighted by Crippen LogP contribution is -2.36. The van der Waals surface area contributed by atoms with Gasteiger partial charge < -0.3 is 15.4 Å². The van der Waals surface area contributed by atoms with Crippen LogP contribution >= 0.6 is 23.2 Å². The zero-order chi connectivity index (χ0) is 18.7. The maximum absolute atomic E-state index is 12.9. The Labute approximate surface area is 163 Å². The molecule has 1 aliphatic rings. The SMILES string of the molecule is COc1cccc([C@H](C)NC(=O)[C@@H]2CNC[C@H]2c2ccc(Cl)c(Cl)c2)c1. The summed E-state index contributed by atoms with van der Waals surface area (Å²) in [6.07, 6.45) is 0. The van der Waals surface area contributed by atoms with E-state index in [0.29, 0.717) is 16.6 Å². The minimum atomic E-state index is -0.153. The number of methoxy groups -OCH3 is 1. The predicted octanol–water partition coefficient (Wildman–Crippen LogP) is 4.18. The first-order chi connectivity index (χ1) is 12.5. The first-order valence-electron chi connectivity index (χ1n) is 8.59. The van der Waals surface area contributed by atoms with Crippen LogP contribution in [0, 0.1) is 5.92 Å². The van der Waals surface area contributed by atoms with Gasteiger partial charge in [0.25, 0.3) is 0 Å². The number of hydrogen-bond donors (Lipinski definition) is 2. The molecule has 1 heterocycles. The maximum atomic E-state index is 12.9. The molecule has 0 unspecified atom stereocenters. The van der Waals surface area contributed by atoms with Gasteiger partial charge in [0.2, 0.25) is 5.91 Å². The highest BCUT2D eigenvalue weighted by Gasteiger charge is 2.34. The molecule has 26 heavy (non-hydrogen) atoms. The number of carbonyl (C=O) groups is 1. The second kappa shape index (κ2) is 8.30. The highest BCUT2D eigenvalue weighted by molar-refractivity contribution is 6.42. The van der Waals surface area contributed by atoms with Gasteiger partial charge in [-0.05, 0) is 42.3 Å². The molecule has 138 valence electrons. The summed E-state index contributed by atoms with van der Waals surface area (Å²) in [6.45, 7) is 3.36. The lowest BCUT2D eigenvalue weighted by atomic mass is 9.88. The van der Waals surface area contributed by atoms with Gasteiger partial charge in [0.05, 0.1) is 29.1 Å². The Morgan fingerprint density at radius 3 is 2.73 bits per heavy atom. The van der Waals surface area contributed by atoms with Crippen LogP contribution in [0.3, 0.4) is 0 Å². The molecule has 1 amide bonds. The molecule has 1 saturated heterocycles. The van der Waals surface area contributed by atoms with Crippen molar-refractivity contribution in [1.29, 1.82) is 0 Å². The third-order valence-corrected chi connectivity index (χ3v) is 5.61. The molecule has 2 aromatic rings. The number of ether oxygens (including phenoxy) is 1. The van der Waals surface area contributed by atoms with Crippen molar-refractivity contribution in [1.82, 2.24) is 10.6 Å². The standard InChI is InChI=1S/C20H22Cl2N2O2/c1-12(13-4-3-5-15(8-13)26-2)24-20(25)17-11-23-10-16(17)14-6-7-18(21)19(22)9-14/h3-9,12,16-17,23H,10-11H2,1-2H3,(H,24,25)/t12-,16-,17+/m0/s1. The highest BCUT2D eigenvalue weighted by Crippen LogP contribution is 2.33. The molecule has 4 nitrogen and oxygen atoms in total. The summed E-state index contributed by atoms with van der Waals surface area (Å²) in [5.74, 6) is 0.726. The van der Waals surface area contributed by atoms with Crippen LogP contribution in [-0.2, 0) is 4.79 Å². The van der Waals surface area contributed by atoms with E-state index in [0.717, 1.165) is 23.4 Å². The fraction of sp³-hybridized carbons (Fsp3) is 0.350. The van der Waals surface area contributed by atoms with E-state index in [1.807, 2.05) is 43.3 Å². The topological polar surface area (TPSA) is 50.4 Å². The van der Waals surface area contributed by atoms with Crippen LogP contribution in [-0.4, -0.2) is 26.1 Å². The van der Waals surface area contributed by atoms with Gasteiger partial charge in [0.1, 0.15) is 5.75 Å². The average Bonchev–Trinajstić information content (AvgIpc) is 3.14. The average molecular weight is 393 g/mol. The summed E-state index contributed by atoms with van der Waals surface area (Å²) < 4.78 is 5.26. The number of carbonyl (C=O) groups excluding carboxylic acids is 1. The quantitative estimate of drug-likeness (QED) is 0.801.